The van der Waals surface area contributed by atoms with Crippen LogP contribution < -0.4 is 0 Å². The van der Waals surface area contributed by atoms with E-state index in [-0.39, 0.29) is 11.5 Å². The Morgan fingerprint density at radius 1 is 0.762 bits per heavy atom. The zero-order valence-electron chi connectivity index (χ0n) is 23.4. The van der Waals surface area contributed by atoms with Crippen LogP contribution in [0.3, 0.4) is 0 Å². The number of hydrogen-bond donors (Lipinski definition) is 1. The summed E-state index contributed by atoms with van der Waals surface area (Å²) in [6.45, 7) is 5.56. The number of rotatable bonds is 4. The van der Waals surface area contributed by atoms with Gasteiger partial charge in [-0.2, -0.15) is 0 Å². The van der Waals surface area contributed by atoms with Gasteiger partial charge in [0.05, 0.1) is 34.6 Å². The Balaban J connectivity index is 0.000000165. The van der Waals surface area contributed by atoms with Crippen LogP contribution >= 0.6 is 15.9 Å². The number of carbonyl (C=O) groups excluding carboxylic acids is 1. The van der Waals surface area contributed by atoms with Crippen LogP contribution in [0.5, 0.6) is 5.75 Å². The first kappa shape index (κ1) is 28.6. The second-order valence-corrected chi connectivity index (χ2v) is 10.1. The maximum atomic E-state index is 11.5. The summed E-state index contributed by atoms with van der Waals surface area (Å²) in [6.07, 6.45) is 6.93. The van der Waals surface area contributed by atoms with E-state index in [1.54, 1.807) is 44.2 Å². The van der Waals surface area contributed by atoms with Crippen molar-refractivity contribution in [2.75, 3.05) is 0 Å². The van der Waals surface area contributed by atoms with Crippen molar-refractivity contribution in [1.29, 1.82) is 0 Å². The van der Waals surface area contributed by atoms with Gasteiger partial charge in [-0.25, -0.2) is 9.97 Å². The standard InChI is InChI=1S/C19H14N2O2.C13H9BrN2O.C2H6/c1-13(22)14-5-6-19-18(10-14)20-12-21(19)17-4-2-3-15(9-17)16-7-8-23-11-16;14-9-2-1-3-10(6-9)16-8-15-12-7-11(17)4-5-13(12)16;1-2/h2-12H,1H3;1-8,17H;1-2H3. The topological polar surface area (TPSA) is 86.1 Å². The third kappa shape index (κ3) is 6.04. The fourth-order valence-electron chi connectivity index (χ4n) is 4.53. The first-order valence-corrected chi connectivity index (χ1v) is 14.3. The molecule has 1 N–H and O–H groups in total. The maximum Gasteiger partial charge on any atom is 0.159 e. The number of carbonyl (C=O) groups is 1. The number of halogens is 1. The quantitative estimate of drug-likeness (QED) is 0.198. The van der Waals surface area contributed by atoms with Crippen molar-refractivity contribution in [3.63, 3.8) is 0 Å². The number of hydrogen-bond acceptors (Lipinski definition) is 5. The first-order valence-electron chi connectivity index (χ1n) is 13.5. The molecule has 0 aliphatic carbocycles. The minimum Gasteiger partial charge on any atom is -0.508 e. The van der Waals surface area contributed by atoms with Crippen molar-refractivity contribution >= 4 is 43.8 Å². The minimum absolute atomic E-state index is 0.0448. The Morgan fingerprint density at radius 3 is 2.05 bits per heavy atom. The molecule has 0 saturated heterocycles. The third-order valence-electron chi connectivity index (χ3n) is 6.55. The van der Waals surface area contributed by atoms with E-state index in [4.69, 9.17) is 4.42 Å². The van der Waals surface area contributed by atoms with Gasteiger partial charge in [-0.15, -0.1) is 0 Å². The molecule has 3 aromatic heterocycles. The number of aromatic hydroxyl groups is 1. The summed E-state index contributed by atoms with van der Waals surface area (Å²) in [5.41, 5.74) is 8.38. The van der Waals surface area contributed by atoms with Gasteiger partial charge in [-0.05, 0) is 79.2 Å². The van der Waals surface area contributed by atoms with Crippen LogP contribution in [0.15, 0.2) is 125 Å². The molecule has 4 aromatic carbocycles. The van der Waals surface area contributed by atoms with E-state index >= 15 is 0 Å². The molecular formula is C34H29BrN4O3. The summed E-state index contributed by atoms with van der Waals surface area (Å²) in [4.78, 5) is 20.2. The minimum atomic E-state index is 0.0448. The van der Waals surface area contributed by atoms with E-state index in [9.17, 15) is 9.90 Å². The molecule has 7 rings (SSSR count). The molecule has 0 amide bonds. The van der Waals surface area contributed by atoms with Gasteiger partial charge in [0.25, 0.3) is 0 Å². The molecule has 0 saturated carbocycles. The molecule has 7 nitrogen and oxygen atoms in total. The van der Waals surface area contributed by atoms with Gasteiger partial charge < -0.3 is 9.52 Å². The lowest BCUT2D eigenvalue weighted by atomic mass is 10.1. The Hall–Kier alpha value is -4.95. The van der Waals surface area contributed by atoms with Gasteiger partial charge in [-0.1, -0.05) is 48.0 Å². The van der Waals surface area contributed by atoms with Crippen molar-refractivity contribution in [2.24, 2.45) is 0 Å². The Labute approximate surface area is 251 Å². The number of furan rings is 1. The number of benzene rings is 4. The predicted molar refractivity (Wildman–Crippen MR) is 171 cm³/mol. The lowest BCUT2D eigenvalue weighted by molar-refractivity contribution is 0.101. The number of Topliss-reactive ketones (excluding diaryl/α,β-unsaturated/α-hetero) is 1. The summed E-state index contributed by atoms with van der Waals surface area (Å²) in [6, 6.07) is 28.9. The number of phenols is 1. The number of fused-ring (bicyclic) bond motifs is 2. The van der Waals surface area contributed by atoms with Crippen molar-refractivity contribution < 1.29 is 14.3 Å². The number of ketones is 1. The molecule has 42 heavy (non-hydrogen) atoms. The zero-order chi connectivity index (χ0) is 29.6. The molecule has 0 aliphatic heterocycles. The molecule has 0 spiro atoms. The van der Waals surface area contributed by atoms with E-state index in [1.165, 1.54) is 0 Å². The van der Waals surface area contributed by atoms with Crippen molar-refractivity contribution in [3.8, 4) is 28.3 Å². The van der Waals surface area contributed by atoms with Gasteiger partial charge in [0.15, 0.2) is 5.78 Å². The van der Waals surface area contributed by atoms with Crippen LogP contribution in [0, 0.1) is 0 Å². The van der Waals surface area contributed by atoms with Crippen LogP contribution in [0.1, 0.15) is 31.1 Å². The summed E-state index contributed by atoms with van der Waals surface area (Å²) < 4.78 is 10.2. The highest BCUT2D eigenvalue weighted by molar-refractivity contribution is 9.10. The molecule has 0 aliphatic rings. The smallest absolute Gasteiger partial charge is 0.159 e. The highest BCUT2D eigenvalue weighted by atomic mass is 79.9. The van der Waals surface area contributed by atoms with Gasteiger partial charge in [0.1, 0.15) is 18.4 Å². The van der Waals surface area contributed by atoms with Gasteiger partial charge in [0.2, 0.25) is 0 Å². The lowest BCUT2D eigenvalue weighted by Crippen LogP contribution is -1.94. The number of nitrogens with zero attached hydrogens (tertiary/aromatic N) is 4. The van der Waals surface area contributed by atoms with Crippen molar-refractivity contribution in [3.05, 3.63) is 126 Å². The average molecular weight is 622 g/mol. The fourth-order valence-corrected chi connectivity index (χ4v) is 4.92. The molecule has 0 unspecified atom stereocenters. The molecule has 0 bridgehead atoms. The Bertz CT molecular complexity index is 1970. The Kier molecular flexibility index (Phi) is 8.64. The zero-order valence-corrected chi connectivity index (χ0v) is 25.0. The van der Waals surface area contributed by atoms with E-state index in [0.717, 1.165) is 49.0 Å². The van der Waals surface area contributed by atoms with Crippen LogP contribution in [0.2, 0.25) is 0 Å². The molecule has 0 fully saturated rings. The summed E-state index contributed by atoms with van der Waals surface area (Å²) in [7, 11) is 0. The van der Waals surface area contributed by atoms with E-state index in [2.05, 4.69) is 32.0 Å². The van der Waals surface area contributed by atoms with E-state index in [0.29, 0.717) is 5.56 Å². The monoisotopic (exact) mass is 620 g/mol. The van der Waals surface area contributed by atoms with Crippen LogP contribution in [-0.2, 0) is 0 Å². The van der Waals surface area contributed by atoms with Crippen LogP contribution in [-0.4, -0.2) is 30.0 Å². The average Bonchev–Trinajstić information content (AvgIpc) is 3.78. The largest absolute Gasteiger partial charge is 0.508 e. The summed E-state index contributed by atoms with van der Waals surface area (Å²) in [5, 5.41) is 9.40. The summed E-state index contributed by atoms with van der Waals surface area (Å²) >= 11 is 3.45. The number of imidazole rings is 2. The van der Waals surface area contributed by atoms with Crippen molar-refractivity contribution in [1.82, 2.24) is 19.1 Å². The molecule has 0 radical (unpaired) electrons. The molecule has 0 atom stereocenters. The van der Waals surface area contributed by atoms with Gasteiger partial charge >= 0.3 is 0 Å². The third-order valence-corrected chi connectivity index (χ3v) is 7.04. The number of aromatic nitrogens is 4. The highest BCUT2D eigenvalue weighted by Crippen LogP contribution is 2.26. The maximum absolute atomic E-state index is 11.5. The SMILES string of the molecule is CC.CC(=O)c1ccc2c(c1)ncn2-c1cccc(-c2ccoc2)c1.Oc1ccc2c(c1)ncn2-c1cccc(Br)c1. The first-order chi connectivity index (χ1) is 20.5. The summed E-state index contributed by atoms with van der Waals surface area (Å²) in [5.74, 6) is 0.278. The molecule has 210 valence electrons. The molecule has 8 heteroatoms. The van der Waals surface area contributed by atoms with Gasteiger partial charge in [0, 0.05) is 33.0 Å². The predicted octanol–water partition coefficient (Wildman–Crippen LogP) is 9.01. The number of phenolic OH excluding ortho intramolecular Hbond substituents is 1. The van der Waals surface area contributed by atoms with Gasteiger partial charge in [-0.3, -0.25) is 13.9 Å². The molecule has 7 aromatic rings. The van der Waals surface area contributed by atoms with Crippen LogP contribution in [0.25, 0.3) is 44.6 Å². The molecular weight excluding hydrogens is 592 g/mol. The Morgan fingerprint density at radius 2 is 1.40 bits per heavy atom. The van der Waals surface area contributed by atoms with E-state index < -0.39 is 0 Å². The second kappa shape index (κ2) is 12.7. The highest BCUT2D eigenvalue weighted by Gasteiger charge is 2.09. The van der Waals surface area contributed by atoms with Crippen molar-refractivity contribution in [2.45, 2.75) is 20.8 Å². The normalized spacial score (nSPS) is 10.6. The fraction of sp³-hybridized carbons (Fsp3) is 0.0882. The van der Waals surface area contributed by atoms with E-state index in [1.807, 2.05) is 95.8 Å². The van der Waals surface area contributed by atoms with Crippen LogP contribution in [0.4, 0.5) is 0 Å². The lowest BCUT2D eigenvalue weighted by Gasteiger charge is -2.06. The second-order valence-electron chi connectivity index (χ2n) is 9.20. The molecule has 3 heterocycles.